The standard InChI is InChI=1S/C21H20N2O5/c1-2-17(24)14-7-8-19-16(11-14)23(21(26)13-28-19)12-20(25)22-9-10-27-18-6-4-3-5-15(18)22/h3-8,11H,2,9-10,12-13H2,1H3. The Morgan fingerprint density at radius 2 is 1.82 bits per heavy atom. The van der Waals surface area contributed by atoms with Gasteiger partial charge in [0.25, 0.3) is 5.91 Å². The van der Waals surface area contributed by atoms with Crippen molar-refractivity contribution < 1.29 is 23.9 Å². The zero-order chi connectivity index (χ0) is 19.7. The van der Waals surface area contributed by atoms with Crippen molar-refractivity contribution in [1.82, 2.24) is 0 Å². The second-order valence-corrected chi connectivity index (χ2v) is 6.59. The minimum absolute atomic E-state index is 0.0331. The SMILES string of the molecule is CCC(=O)c1ccc2c(c1)N(CC(=O)N1CCOc3ccccc31)C(=O)CO2. The summed E-state index contributed by atoms with van der Waals surface area (Å²) in [6, 6.07) is 12.3. The molecule has 0 unspecified atom stereocenters. The van der Waals surface area contributed by atoms with Gasteiger partial charge in [-0.2, -0.15) is 0 Å². The molecule has 0 spiro atoms. The van der Waals surface area contributed by atoms with E-state index in [1.807, 2.05) is 24.3 Å². The summed E-state index contributed by atoms with van der Waals surface area (Å²) in [6.07, 6.45) is 0.358. The number of ether oxygens (including phenoxy) is 2. The van der Waals surface area contributed by atoms with Gasteiger partial charge in [0.15, 0.2) is 12.4 Å². The van der Waals surface area contributed by atoms with Gasteiger partial charge in [0, 0.05) is 12.0 Å². The molecular formula is C21H20N2O5. The number of anilines is 2. The molecule has 0 atom stereocenters. The smallest absolute Gasteiger partial charge is 0.265 e. The van der Waals surface area contributed by atoms with E-state index in [1.165, 1.54) is 4.90 Å². The number of rotatable bonds is 4. The summed E-state index contributed by atoms with van der Waals surface area (Å²) in [5.74, 6) is 0.566. The first kappa shape index (κ1) is 18.0. The first-order valence-electron chi connectivity index (χ1n) is 9.21. The highest BCUT2D eigenvalue weighted by Crippen LogP contribution is 2.35. The average Bonchev–Trinajstić information content (AvgIpc) is 2.74. The quantitative estimate of drug-likeness (QED) is 0.762. The van der Waals surface area contributed by atoms with E-state index in [0.29, 0.717) is 48.0 Å². The van der Waals surface area contributed by atoms with Crippen LogP contribution in [0.3, 0.4) is 0 Å². The van der Waals surface area contributed by atoms with Crippen LogP contribution in [0.5, 0.6) is 11.5 Å². The molecule has 0 N–H and O–H groups in total. The molecule has 2 aromatic rings. The fraction of sp³-hybridized carbons (Fsp3) is 0.286. The second-order valence-electron chi connectivity index (χ2n) is 6.59. The van der Waals surface area contributed by atoms with Gasteiger partial charge in [0.05, 0.1) is 17.9 Å². The number of amides is 2. The molecular weight excluding hydrogens is 360 g/mol. The Morgan fingerprint density at radius 3 is 2.64 bits per heavy atom. The Bertz CT molecular complexity index is 956. The molecule has 0 bridgehead atoms. The number of para-hydroxylation sites is 2. The minimum atomic E-state index is -0.316. The van der Waals surface area contributed by atoms with E-state index in [2.05, 4.69) is 0 Å². The van der Waals surface area contributed by atoms with Crippen LogP contribution in [0.2, 0.25) is 0 Å². The Balaban J connectivity index is 1.63. The molecule has 2 heterocycles. The van der Waals surface area contributed by atoms with E-state index < -0.39 is 0 Å². The van der Waals surface area contributed by atoms with Crippen molar-refractivity contribution in [2.45, 2.75) is 13.3 Å². The van der Waals surface area contributed by atoms with Crippen molar-refractivity contribution in [3.05, 3.63) is 48.0 Å². The number of nitrogens with zero attached hydrogens (tertiary/aromatic N) is 2. The molecule has 7 heteroatoms. The zero-order valence-electron chi connectivity index (χ0n) is 15.5. The van der Waals surface area contributed by atoms with E-state index in [0.717, 1.165) is 0 Å². The van der Waals surface area contributed by atoms with Crippen molar-refractivity contribution in [1.29, 1.82) is 0 Å². The highest BCUT2D eigenvalue weighted by atomic mass is 16.5. The first-order valence-corrected chi connectivity index (χ1v) is 9.21. The maximum Gasteiger partial charge on any atom is 0.265 e. The Labute approximate surface area is 162 Å². The lowest BCUT2D eigenvalue weighted by atomic mass is 10.1. The zero-order valence-corrected chi connectivity index (χ0v) is 15.5. The molecule has 2 aromatic carbocycles. The van der Waals surface area contributed by atoms with Crippen molar-refractivity contribution in [3.8, 4) is 11.5 Å². The number of carbonyl (C=O) groups is 3. The number of ketones is 1. The second kappa shape index (κ2) is 7.34. The lowest BCUT2D eigenvalue weighted by Crippen LogP contribution is -2.48. The molecule has 4 rings (SSSR count). The molecule has 0 saturated carbocycles. The van der Waals surface area contributed by atoms with E-state index in [4.69, 9.17) is 9.47 Å². The Hall–Kier alpha value is -3.35. The van der Waals surface area contributed by atoms with Gasteiger partial charge in [0.1, 0.15) is 24.7 Å². The van der Waals surface area contributed by atoms with Gasteiger partial charge in [-0.1, -0.05) is 19.1 Å². The fourth-order valence-corrected chi connectivity index (χ4v) is 3.40. The van der Waals surface area contributed by atoms with Crippen LogP contribution in [0.25, 0.3) is 0 Å². The number of carbonyl (C=O) groups excluding carboxylic acids is 3. The van der Waals surface area contributed by atoms with Crippen LogP contribution in [-0.4, -0.2) is 43.9 Å². The Morgan fingerprint density at radius 1 is 1.04 bits per heavy atom. The molecule has 7 nitrogen and oxygen atoms in total. The van der Waals surface area contributed by atoms with E-state index in [1.54, 1.807) is 30.0 Å². The van der Waals surface area contributed by atoms with Crippen LogP contribution in [0.4, 0.5) is 11.4 Å². The minimum Gasteiger partial charge on any atom is -0.490 e. The molecule has 0 aromatic heterocycles. The molecule has 2 aliphatic rings. The van der Waals surface area contributed by atoms with Crippen molar-refractivity contribution in [2.24, 2.45) is 0 Å². The molecule has 2 aliphatic heterocycles. The van der Waals surface area contributed by atoms with Gasteiger partial charge < -0.3 is 14.4 Å². The van der Waals surface area contributed by atoms with Gasteiger partial charge in [-0.3, -0.25) is 19.3 Å². The van der Waals surface area contributed by atoms with Crippen LogP contribution in [-0.2, 0) is 9.59 Å². The van der Waals surface area contributed by atoms with Crippen molar-refractivity contribution in [2.75, 3.05) is 36.1 Å². The summed E-state index contributed by atoms with van der Waals surface area (Å²) in [6.45, 7) is 2.32. The van der Waals surface area contributed by atoms with Gasteiger partial charge >= 0.3 is 0 Å². The topological polar surface area (TPSA) is 76.2 Å². The number of benzene rings is 2. The van der Waals surface area contributed by atoms with Gasteiger partial charge in [0.2, 0.25) is 5.91 Å². The van der Waals surface area contributed by atoms with E-state index >= 15 is 0 Å². The van der Waals surface area contributed by atoms with Crippen molar-refractivity contribution in [3.63, 3.8) is 0 Å². The monoisotopic (exact) mass is 380 g/mol. The molecule has 0 radical (unpaired) electrons. The van der Waals surface area contributed by atoms with Gasteiger partial charge in [-0.15, -0.1) is 0 Å². The van der Waals surface area contributed by atoms with Crippen LogP contribution in [0.1, 0.15) is 23.7 Å². The summed E-state index contributed by atoms with van der Waals surface area (Å²) in [7, 11) is 0. The van der Waals surface area contributed by atoms with Crippen molar-refractivity contribution >= 4 is 29.0 Å². The van der Waals surface area contributed by atoms with Gasteiger partial charge in [-0.05, 0) is 30.3 Å². The normalized spacial score (nSPS) is 15.2. The molecule has 0 fully saturated rings. The van der Waals surface area contributed by atoms with Crippen LogP contribution in [0, 0.1) is 0 Å². The molecule has 144 valence electrons. The largest absolute Gasteiger partial charge is 0.490 e. The highest BCUT2D eigenvalue weighted by Gasteiger charge is 2.31. The maximum absolute atomic E-state index is 13.0. The predicted molar refractivity (Wildman–Crippen MR) is 103 cm³/mol. The summed E-state index contributed by atoms with van der Waals surface area (Å²) >= 11 is 0. The third-order valence-corrected chi connectivity index (χ3v) is 4.87. The fourth-order valence-electron chi connectivity index (χ4n) is 3.40. The van der Waals surface area contributed by atoms with E-state index in [9.17, 15) is 14.4 Å². The molecule has 0 saturated heterocycles. The lowest BCUT2D eigenvalue weighted by Gasteiger charge is -2.33. The molecule has 0 aliphatic carbocycles. The number of Topliss-reactive ketones (excluding diaryl/α,β-unsaturated/α-hetero) is 1. The summed E-state index contributed by atoms with van der Waals surface area (Å²) < 4.78 is 11.1. The maximum atomic E-state index is 13.0. The summed E-state index contributed by atoms with van der Waals surface area (Å²) in [4.78, 5) is 40.6. The van der Waals surface area contributed by atoms with Gasteiger partial charge in [-0.25, -0.2) is 0 Å². The first-order chi connectivity index (χ1) is 13.6. The number of hydrogen-bond donors (Lipinski definition) is 0. The number of hydrogen-bond acceptors (Lipinski definition) is 5. The third kappa shape index (κ3) is 3.19. The Kier molecular flexibility index (Phi) is 4.73. The predicted octanol–water partition coefficient (Wildman–Crippen LogP) is 2.43. The average molecular weight is 380 g/mol. The molecule has 28 heavy (non-hydrogen) atoms. The van der Waals surface area contributed by atoms with Crippen LogP contribution in [0.15, 0.2) is 42.5 Å². The lowest BCUT2D eigenvalue weighted by molar-refractivity contribution is -0.124. The van der Waals surface area contributed by atoms with Crippen LogP contribution < -0.4 is 19.3 Å². The number of fused-ring (bicyclic) bond motifs is 2. The highest BCUT2D eigenvalue weighted by molar-refractivity contribution is 6.07. The van der Waals surface area contributed by atoms with E-state index in [-0.39, 0.29) is 30.7 Å². The summed E-state index contributed by atoms with van der Waals surface area (Å²) in [5, 5.41) is 0. The summed E-state index contributed by atoms with van der Waals surface area (Å²) in [5.41, 5.74) is 1.63. The molecule has 2 amide bonds. The van der Waals surface area contributed by atoms with Crippen LogP contribution >= 0.6 is 0 Å². The third-order valence-electron chi connectivity index (χ3n) is 4.87.